The van der Waals surface area contributed by atoms with Gasteiger partial charge in [-0.1, -0.05) is 15.9 Å². The lowest BCUT2D eigenvalue weighted by molar-refractivity contribution is -0.135. The molecule has 20 heavy (non-hydrogen) atoms. The van der Waals surface area contributed by atoms with Crippen LogP contribution in [0.4, 0.5) is 5.69 Å². The van der Waals surface area contributed by atoms with Gasteiger partial charge in [-0.25, -0.2) is 0 Å². The van der Waals surface area contributed by atoms with E-state index >= 15 is 0 Å². The fraction of sp³-hybridized carbons (Fsp3) is 0.429. The van der Waals surface area contributed by atoms with Crippen molar-refractivity contribution in [3.8, 4) is 0 Å². The molecular weight excluding hydrogens is 322 g/mol. The lowest BCUT2D eigenvalue weighted by Gasteiger charge is -2.34. The number of piperazine rings is 1. The first-order valence-corrected chi connectivity index (χ1v) is 7.49. The van der Waals surface area contributed by atoms with Crippen LogP contribution in [0.2, 0.25) is 0 Å². The van der Waals surface area contributed by atoms with Crippen LogP contribution >= 0.6 is 15.9 Å². The van der Waals surface area contributed by atoms with Crippen LogP contribution in [0.1, 0.15) is 23.2 Å². The number of rotatable bonds is 2. The molecule has 2 aliphatic rings. The summed E-state index contributed by atoms with van der Waals surface area (Å²) in [6, 6.07) is 5.60. The summed E-state index contributed by atoms with van der Waals surface area (Å²) in [5.41, 5.74) is 6.77. The minimum atomic E-state index is -0.168. The number of amides is 2. The Labute approximate surface area is 125 Å². The predicted octanol–water partition coefficient (Wildman–Crippen LogP) is 1.48. The van der Waals surface area contributed by atoms with Crippen LogP contribution in [-0.4, -0.2) is 47.3 Å². The van der Waals surface area contributed by atoms with Crippen LogP contribution in [0.3, 0.4) is 0 Å². The topological polar surface area (TPSA) is 66.6 Å². The van der Waals surface area contributed by atoms with E-state index in [-0.39, 0.29) is 18.4 Å². The summed E-state index contributed by atoms with van der Waals surface area (Å²) in [6.45, 7) is 1.37. The second-order valence-electron chi connectivity index (χ2n) is 5.28. The van der Waals surface area contributed by atoms with E-state index in [2.05, 4.69) is 15.9 Å². The SMILES string of the molecule is Nc1cc(Br)ccc1C(=O)N1CCN(C2CC2)C(=O)C1. The molecule has 2 fully saturated rings. The maximum Gasteiger partial charge on any atom is 0.256 e. The molecule has 0 atom stereocenters. The lowest BCUT2D eigenvalue weighted by Crippen LogP contribution is -2.53. The smallest absolute Gasteiger partial charge is 0.256 e. The average Bonchev–Trinajstić information content (AvgIpc) is 3.22. The van der Waals surface area contributed by atoms with Crippen molar-refractivity contribution < 1.29 is 9.59 Å². The van der Waals surface area contributed by atoms with Gasteiger partial charge in [0, 0.05) is 29.3 Å². The quantitative estimate of drug-likeness (QED) is 0.831. The highest BCUT2D eigenvalue weighted by Crippen LogP contribution is 2.28. The summed E-state index contributed by atoms with van der Waals surface area (Å²) in [4.78, 5) is 28.0. The number of hydrogen-bond donors (Lipinski definition) is 1. The largest absolute Gasteiger partial charge is 0.398 e. The number of nitrogens with two attached hydrogens (primary N) is 1. The zero-order chi connectivity index (χ0) is 14.3. The van der Waals surface area contributed by atoms with E-state index in [1.807, 2.05) is 4.90 Å². The van der Waals surface area contributed by atoms with E-state index in [4.69, 9.17) is 5.73 Å². The summed E-state index contributed by atoms with van der Waals surface area (Å²) in [7, 11) is 0. The van der Waals surface area contributed by atoms with Gasteiger partial charge in [-0.15, -0.1) is 0 Å². The van der Waals surface area contributed by atoms with Gasteiger partial charge in [-0.3, -0.25) is 9.59 Å². The molecule has 0 unspecified atom stereocenters. The minimum absolute atomic E-state index is 0.0442. The summed E-state index contributed by atoms with van der Waals surface area (Å²) < 4.78 is 0.834. The van der Waals surface area contributed by atoms with Crippen molar-refractivity contribution in [1.29, 1.82) is 0 Å². The number of hydrogen-bond acceptors (Lipinski definition) is 3. The molecule has 1 saturated carbocycles. The van der Waals surface area contributed by atoms with Gasteiger partial charge in [-0.05, 0) is 31.0 Å². The van der Waals surface area contributed by atoms with Gasteiger partial charge in [0.05, 0.1) is 5.56 Å². The van der Waals surface area contributed by atoms with Gasteiger partial charge in [0.2, 0.25) is 5.91 Å². The molecule has 3 rings (SSSR count). The van der Waals surface area contributed by atoms with Crippen LogP contribution < -0.4 is 5.73 Å². The average molecular weight is 338 g/mol. The van der Waals surface area contributed by atoms with Gasteiger partial charge in [0.1, 0.15) is 6.54 Å². The molecule has 5 nitrogen and oxygen atoms in total. The van der Waals surface area contributed by atoms with Crippen LogP contribution in [0, 0.1) is 0 Å². The molecule has 6 heteroatoms. The third-order valence-corrected chi connectivity index (χ3v) is 4.27. The molecule has 106 valence electrons. The van der Waals surface area contributed by atoms with Crippen LogP contribution in [0.5, 0.6) is 0 Å². The Kier molecular flexibility index (Phi) is 3.41. The van der Waals surface area contributed by atoms with Gasteiger partial charge >= 0.3 is 0 Å². The summed E-state index contributed by atoms with van der Waals surface area (Å²) >= 11 is 3.32. The van der Waals surface area contributed by atoms with Gasteiger partial charge in [0.15, 0.2) is 0 Å². The van der Waals surface area contributed by atoms with Crippen LogP contribution in [-0.2, 0) is 4.79 Å². The molecule has 0 radical (unpaired) electrons. The summed E-state index contributed by atoms with van der Waals surface area (Å²) in [6.07, 6.45) is 2.19. The van der Waals surface area contributed by atoms with Gasteiger partial charge in [0.25, 0.3) is 5.91 Å². The molecule has 1 aliphatic carbocycles. The van der Waals surface area contributed by atoms with E-state index in [0.29, 0.717) is 30.4 Å². The number of nitrogens with zero attached hydrogens (tertiary/aromatic N) is 2. The Morgan fingerprint density at radius 1 is 1.30 bits per heavy atom. The number of anilines is 1. The number of nitrogen functional groups attached to an aromatic ring is 1. The molecule has 1 aromatic rings. The van der Waals surface area contributed by atoms with E-state index < -0.39 is 0 Å². The number of halogens is 1. The van der Waals surface area contributed by atoms with Crippen molar-refractivity contribution in [3.05, 3.63) is 28.2 Å². The Hall–Kier alpha value is -1.56. The molecule has 1 aromatic carbocycles. The van der Waals surface area contributed by atoms with E-state index in [0.717, 1.165) is 17.3 Å². The fourth-order valence-electron chi connectivity index (χ4n) is 2.53. The molecule has 0 bridgehead atoms. The van der Waals surface area contributed by atoms with Crippen molar-refractivity contribution in [1.82, 2.24) is 9.80 Å². The highest BCUT2D eigenvalue weighted by Gasteiger charge is 2.37. The van der Waals surface area contributed by atoms with E-state index in [9.17, 15) is 9.59 Å². The molecule has 2 N–H and O–H groups in total. The first-order valence-electron chi connectivity index (χ1n) is 6.70. The Morgan fingerprint density at radius 3 is 2.65 bits per heavy atom. The second-order valence-corrected chi connectivity index (χ2v) is 6.19. The zero-order valence-electron chi connectivity index (χ0n) is 11.0. The first kappa shape index (κ1) is 13.4. The molecular formula is C14H16BrN3O2. The Morgan fingerprint density at radius 2 is 2.05 bits per heavy atom. The number of carbonyl (C=O) groups excluding carboxylic acids is 2. The Balaban J connectivity index is 1.73. The van der Waals surface area contributed by atoms with Crippen LogP contribution in [0.25, 0.3) is 0 Å². The van der Waals surface area contributed by atoms with Gasteiger partial charge in [-0.2, -0.15) is 0 Å². The maximum absolute atomic E-state index is 12.4. The maximum atomic E-state index is 12.4. The monoisotopic (exact) mass is 337 g/mol. The Bertz CT molecular complexity index is 572. The number of benzene rings is 1. The zero-order valence-corrected chi connectivity index (χ0v) is 12.6. The molecule has 1 heterocycles. The molecule has 0 spiro atoms. The van der Waals surface area contributed by atoms with Crippen molar-refractivity contribution >= 4 is 33.4 Å². The number of carbonyl (C=O) groups is 2. The lowest BCUT2D eigenvalue weighted by atomic mass is 10.1. The molecule has 1 saturated heterocycles. The standard InChI is InChI=1S/C14H16BrN3O2/c15-9-1-4-11(12(16)7-9)14(20)17-5-6-18(10-2-3-10)13(19)8-17/h1,4,7,10H,2-3,5-6,8,16H2. The third-order valence-electron chi connectivity index (χ3n) is 3.78. The van der Waals surface area contributed by atoms with Gasteiger partial charge < -0.3 is 15.5 Å². The van der Waals surface area contributed by atoms with Crippen molar-refractivity contribution in [2.24, 2.45) is 0 Å². The third kappa shape index (κ3) is 2.52. The summed E-state index contributed by atoms with van der Waals surface area (Å²) in [5.74, 6) is -0.124. The predicted molar refractivity (Wildman–Crippen MR) is 79.2 cm³/mol. The van der Waals surface area contributed by atoms with Crippen molar-refractivity contribution in [2.75, 3.05) is 25.4 Å². The first-order chi connectivity index (χ1) is 9.56. The molecule has 1 aliphatic heterocycles. The molecule has 0 aromatic heterocycles. The highest BCUT2D eigenvalue weighted by atomic mass is 79.9. The minimum Gasteiger partial charge on any atom is -0.398 e. The highest BCUT2D eigenvalue weighted by molar-refractivity contribution is 9.10. The normalized spacial score (nSPS) is 19.4. The second kappa shape index (κ2) is 5.09. The fourth-order valence-corrected chi connectivity index (χ4v) is 2.91. The van der Waals surface area contributed by atoms with E-state index in [1.54, 1.807) is 23.1 Å². The molecule has 2 amide bonds. The van der Waals surface area contributed by atoms with E-state index in [1.165, 1.54) is 0 Å². The van der Waals surface area contributed by atoms with Crippen LogP contribution in [0.15, 0.2) is 22.7 Å². The van der Waals surface area contributed by atoms with Crippen molar-refractivity contribution in [2.45, 2.75) is 18.9 Å². The van der Waals surface area contributed by atoms with Crippen molar-refractivity contribution in [3.63, 3.8) is 0 Å². The summed E-state index contributed by atoms with van der Waals surface area (Å²) in [5, 5.41) is 0.